The highest BCUT2D eigenvalue weighted by Crippen LogP contribution is 2.35. The summed E-state index contributed by atoms with van der Waals surface area (Å²) in [5, 5.41) is 11.4. The third kappa shape index (κ3) is 6.12. The zero-order valence-electron chi connectivity index (χ0n) is 24.9. The Labute approximate surface area is 259 Å². The van der Waals surface area contributed by atoms with E-state index in [9.17, 15) is 9.18 Å². The average molecular weight is 605 g/mol. The number of anilines is 1. The van der Waals surface area contributed by atoms with Crippen molar-refractivity contribution in [3.63, 3.8) is 0 Å². The molecule has 0 unspecified atom stereocenters. The maximum absolute atomic E-state index is 14.8. The van der Waals surface area contributed by atoms with Crippen LogP contribution in [0.4, 0.5) is 10.1 Å². The summed E-state index contributed by atoms with van der Waals surface area (Å²) in [6.07, 6.45) is 10.5. The number of pyridine rings is 3. The van der Waals surface area contributed by atoms with Crippen LogP contribution in [0.5, 0.6) is 5.75 Å². The molecule has 0 aliphatic carbocycles. The molecule has 0 atom stereocenters. The van der Waals surface area contributed by atoms with Crippen LogP contribution in [-0.2, 0) is 4.79 Å². The maximum Gasteiger partial charge on any atom is 0.224 e. The minimum absolute atomic E-state index is 0.0517. The van der Waals surface area contributed by atoms with Gasteiger partial charge >= 0.3 is 0 Å². The number of nitrogens with zero attached hydrogens (tertiary/aromatic N) is 5. The maximum atomic E-state index is 14.8. The van der Waals surface area contributed by atoms with E-state index in [0.29, 0.717) is 46.9 Å². The van der Waals surface area contributed by atoms with Crippen LogP contribution in [0.3, 0.4) is 0 Å². The summed E-state index contributed by atoms with van der Waals surface area (Å²) >= 11 is 0. The fourth-order valence-corrected chi connectivity index (χ4v) is 5.86. The van der Waals surface area contributed by atoms with E-state index < -0.39 is 0 Å². The number of hydrogen-bond donors (Lipinski definition) is 3. The molecule has 1 aliphatic heterocycles. The molecule has 1 aromatic carbocycles. The molecule has 6 heterocycles. The molecule has 0 spiro atoms. The number of aromatic nitrogens is 6. The standard InChI is InChI=1S/C34H33FN8O2/c1-2-5-32(44)38-24-13-22(17-36-18-24)28-6-7-29-33(40-28)34(42-41-29)30-16-26-27(19-37-20-31(26)39-30)21-12-23(35)15-25(14-21)45-11-10-43-8-3-4-9-43/h6-7,12-20,39H,2-5,8-11H2,1H3,(H,38,44)(H,41,42). The molecule has 6 aromatic rings. The second-order valence-corrected chi connectivity index (χ2v) is 11.3. The molecule has 7 rings (SSSR count). The first-order valence-electron chi connectivity index (χ1n) is 15.3. The van der Waals surface area contributed by atoms with Gasteiger partial charge in [-0.1, -0.05) is 6.92 Å². The Kier molecular flexibility index (Phi) is 7.91. The van der Waals surface area contributed by atoms with E-state index in [1.807, 2.05) is 37.3 Å². The van der Waals surface area contributed by atoms with Gasteiger partial charge < -0.3 is 15.0 Å². The summed E-state index contributed by atoms with van der Waals surface area (Å²) in [6.45, 7) is 5.48. The summed E-state index contributed by atoms with van der Waals surface area (Å²) in [6, 6.07) is 12.4. The second kappa shape index (κ2) is 12.4. The van der Waals surface area contributed by atoms with E-state index >= 15 is 0 Å². The van der Waals surface area contributed by atoms with Crippen molar-refractivity contribution >= 4 is 33.5 Å². The van der Waals surface area contributed by atoms with Gasteiger partial charge in [-0.3, -0.25) is 24.8 Å². The van der Waals surface area contributed by atoms with Gasteiger partial charge in [0.15, 0.2) is 0 Å². The molecule has 11 heteroatoms. The number of halogens is 1. The first-order chi connectivity index (χ1) is 22.0. The van der Waals surface area contributed by atoms with E-state index in [0.717, 1.165) is 59.3 Å². The van der Waals surface area contributed by atoms with Gasteiger partial charge in [-0.15, -0.1) is 0 Å². The number of nitrogens with one attached hydrogen (secondary N) is 3. The first kappa shape index (κ1) is 28.6. The number of ether oxygens (including phenoxy) is 1. The molecule has 1 aliphatic rings. The molecular formula is C34H33FN8O2. The van der Waals surface area contributed by atoms with Crippen LogP contribution in [0.25, 0.3) is 55.7 Å². The Morgan fingerprint density at radius 2 is 1.87 bits per heavy atom. The molecule has 5 aromatic heterocycles. The average Bonchev–Trinajstić information content (AvgIpc) is 3.80. The predicted octanol–water partition coefficient (Wildman–Crippen LogP) is 6.58. The highest BCUT2D eigenvalue weighted by molar-refractivity contribution is 6.00. The highest BCUT2D eigenvalue weighted by atomic mass is 19.1. The molecule has 45 heavy (non-hydrogen) atoms. The van der Waals surface area contributed by atoms with Crippen molar-refractivity contribution in [1.29, 1.82) is 0 Å². The Balaban J connectivity index is 1.19. The van der Waals surface area contributed by atoms with Gasteiger partial charge in [-0.25, -0.2) is 9.37 Å². The molecule has 228 valence electrons. The summed E-state index contributed by atoms with van der Waals surface area (Å²) in [5.74, 6) is 0.0783. The number of likely N-dealkylation sites (tertiary alicyclic amines) is 1. The molecule has 0 saturated carbocycles. The third-order valence-electron chi connectivity index (χ3n) is 8.06. The van der Waals surface area contributed by atoms with Crippen molar-refractivity contribution in [3.8, 4) is 39.5 Å². The number of carbonyl (C=O) groups is 1. The lowest BCUT2D eigenvalue weighted by atomic mass is 10.0. The quantitative estimate of drug-likeness (QED) is 0.161. The van der Waals surface area contributed by atoms with Gasteiger partial charge in [0.1, 0.15) is 29.4 Å². The summed E-state index contributed by atoms with van der Waals surface area (Å²) in [5.41, 5.74) is 7.16. The van der Waals surface area contributed by atoms with Gasteiger partial charge in [0, 0.05) is 47.9 Å². The summed E-state index contributed by atoms with van der Waals surface area (Å²) < 4.78 is 20.7. The van der Waals surface area contributed by atoms with Crippen LogP contribution in [0.15, 0.2) is 67.3 Å². The number of H-pyrrole nitrogens is 2. The van der Waals surface area contributed by atoms with Crippen LogP contribution in [0.1, 0.15) is 32.6 Å². The summed E-state index contributed by atoms with van der Waals surface area (Å²) in [7, 11) is 0. The molecule has 1 amide bonds. The number of rotatable bonds is 10. The van der Waals surface area contributed by atoms with Crippen LogP contribution in [0, 0.1) is 5.82 Å². The van der Waals surface area contributed by atoms with Gasteiger partial charge in [0.2, 0.25) is 5.91 Å². The van der Waals surface area contributed by atoms with Gasteiger partial charge in [-0.05, 0) is 74.3 Å². The van der Waals surface area contributed by atoms with Crippen molar-refractivity contribution in [3.05, 3.63) is 73.1 Å². The summed E-state index contributed by atoms with van der Waals surface area (Å²) in [4.78, 5) is 31.6. The van der Waals surface area contributed by atoms with E-state index in [1.165, 1.54) is 25.0 Å². The lowest BCUT2D eigenvalue weighted by molar-refractivity contribution is -0.116. The molecule has 1 saturated heterocycles. The topological polar surface area (TPSA) is 125 Å². The second-order valence-electron chi connectivity index (χ2n) is 11.3. The normalized spacial score (nSPS) is 13.6. The van der Waals surface area contributed by atoms with Crippen molar-refractivity contribution in [2.45, 2.75) is 32.6 Å². The van der Waals surface area contributed by atoms with Gasteiger partial charge in [0.05, 0.1) is 40.5 Å². The minimum Gasteiger partial charge on any atom is -0.492 e. The predicted molar refractivity (Wildman–Crippen MR) is 172 cm³/mol. The van der Waals surface area contributed by atoms with Gasteiger partial charge in [0.25, 0.3) is 0 Å². The fraction of sp³-hybridized carbons (Fsp3) is 0.265. The largest absolute Gasteiger partial charge is 0.492 e. The zero-order chi connectivity index (χ0) is 30.8. The minimum atomic E-state index is -0.366. The Bertz CT molecular complexity index is 2000. The lowest BCUT2D eigenvalue weighted by Crippen LogP contribution is -2.25. The van der Waals surface area contributed by atoms with Gasteiger partial charge in [-0.2, -0.15) is 5.10 Å². The number of amides is 1. The van der Waals surface area contributed by atoms with Crippen molar-refractivity contribution in [2.75, 3.05) is 31.6 Å². The van der Waals surface area contributed by atoms with Crippen LogP contribution in [0.2, 0.25) is 0 Å². The SMILES string of the molecule is CCCC(=O)Nc1cncc(-c2ccc3[nH]nc(-c4cc5c(-c6cc(F)cc(OCCN7CCCC7)c6)cncc5[nH]4)c3n2)c1. The van der Waals surface area contributed by atoms with Crippen LogP contribution >= 0.6 is 0 Å². The highest BCUT2D eigenvalue weighted by Gasteiger charge is 2.17. The van der Waals surface area contributed by atoms with Crippen molar-refractivity contribution in [2.24, 2.45) is 0 Å². The lowest BCUT2D eigenvalue weighted by Gasteiger charge is -2.15. The third-order valence-corrected chi connectivity index (χ3v) is 8.06. The van der Waals surface area contributed by atoms with E-state index in [2.05, 4.69) is 35.4 Å². The fourth-order valence-electron chi connectivity index (χ4n) is 5.86. The van der Waals surface area contributed by atoms with Crippen molar-refractivity contribution in [1.82, 2.24) is 35.0 Å². The van der Waals surface area contributed by atoms with E-state index in [1.54, 1.807) is 24.8 Å². The first-order valence-corrected chi connectivity index (χ1v) is 15.3. The number of carbonyl (C=O) groups excluding carboxylic acids is 1. The number of aromatic amines is 2. The smallest absolute Gasteiger partial charge is 0.224 e. The molecule has 0 bridgehead atoms. The van der Waals surface area contributed by atoms with Crippen molar-refractivity contribution < 1.29 is 13.9 Å². The number of hydrogen-bond acceptors (Lipinski definition) is 7. The zero-order valence-corrected chi connectivity index (χ0v) is 24.9. The van der Waals surface area contributed by atoms with Crippen LogP contribution < -0.4 is 10.1 Å². The van der Waals surface area contributed by atoms with Crippen LogP contribution in [-0.4, -0.2) is 67.2 Å². The number of fused-ring (bicyclic) bond motifs is 2. The monoisotopic (exact) mass is 604 g/mol. The Morgan fingerprint density at radius 1 is 1.00 bits per heavy atom. The van der Waals surface area contributed by atoms with E-state index in [4.69, 9.17) is 9.72 Å². The molecule has 10 nitrogen and oxygen atoms in total. The molecule has 1 fully saturated rings. The molecular weight excluding hydrogens is 571 g/mol. The molecule has 0 radical (unpaired) electrons. The number of benzene rings is 1. The Morgan fingerprint density at radius 3 is 2.73 bits per heavy atom. The Hall–Kier alpha value is -5.16. The molecule has 3 N–H and O–H groups in total. The van der Waals surface area contributed by atoms with E-state index in [-0.39, 0.29) is 11.7 Å².